The zero-order valence-corrected chi connectivity index (χ0v) is 17.9. The highest BCUT2D eigenvalue weighted by Crippen LogP contribution is 2.21. The predicted octanol–water partition coefficient (Wildman–Crippen LogP) is 3.43. The fraction of sp³-hybridized carbons (Fsp3) is 0.143. The van der Waals surface area contributed by atoms with Crippen LogP contribution in [0.25, 0.3) is 0 Å². The van der Waals surface area contributed by atoms with Gasteiger partial charge < -0.3 is 4.74 Å². The molecular formula is C21H18ClN5O5. The molecule has 0 atom stereocenters. The molecule has 0 unspecified atom stereocenters. The minimum atomic E-state index is -0.537. The van der Waals surface area contributed by atoms with Crippen molar-refractivity contribution in [1.82, 2.24) is 15.2 Å². The number of nitrogens with one attached hydrogen (secondary N) is 1. The first-order valence-corrected chi connectivity index (χ1v) is 9.70. The molecule has 0 saturated heterocycles. The van der Waals surface area contributed by atoms with Gasteiger partial charge in [0.1, 0.15) is 23.7 Å². The summed E-state index contributed by atoms with van der Waals surface area (Å²) in [4.78, 5) is 34.7. The van der Waals surface area contributed by atoms with E-state index in [0.29, 0.717) is 21.9 Å². The maximum Gasteiger partial charge on any atom is 0.343 e. The third kappa shape index (κ3) is 5.55. The lowest BCUT2D eigenvalue weighted by Gasteiger charge is -2.05. The van der Waals surface area contributed by atoms with Crippen LogP contribution in [-0.2, 0) is 11.3 Å². The molecule has 0 bridgehead atoms. The minimum Gasteiger partial charge on any atom is -0.423 e. The summed E-state index contributed by atoms with van der Waals surface area (Å²) in [5, 5.41) is 19.3. The van der Waals surface area contributed by atoms with Crippen LogP contribution >= 0.6 is 11.6 Å². The Bertz CT molecular complexity index is 1200. The van der Waals surface area contributed by atoms with Gasteiger partial charge in [0.2, 0.25) is 0 Å². The lowest BCUT2D eigenvalue weighted by Crippen LogP contribution is -2.24. The third-order valence-corrected chi connectivity index (χ3v) is 4.61. The standard InChI is InChI=1S/C21H18ClN5O5/c1-13-20(27(30)31)14(2)26(25-13)12-19(28)24-23-11-15-6-8-18(9-7-15)32-21(29)16-4-3-5-17(22)10-16/h3-11H,12H2,1-2H3,(H,24,28)/b23-11+. The number of aryl methyl sites for hydroxylation is 1. The molecular weight excluding hydrogens is 438 g/mol. The first kappa shape index (κ1) is 22.6. The van der Waals surface area contributed by atoms with Crippen molar-refractivity contribution < 1.29 is 19.2 Å². The second kappa shape index (κ2) is 9.84. The van der Waals surface area contributed by atoms with Crippen molar-refractivity contribution in [2.24, 2.45) is 5.10 Å². The number of rotatable bonds is 7. The van der Waals surface area contributed by atoms with Gasteiger partial charge in [0.15, 0.2) is 0 Å². The van der Waals surface area contributed by atoms with Crippen LogP contribution in [0, 0.1) is 24.0 Å². The Morgan fingerprint density at radius 1 is 1.25 bits per heavy atom. The quantitative estimate of drug-likeness (QED) is 0.191. The molecule has 32 heavy (non-hydrogen) atoms. The molecule has 0 aliphatic heterocycles. The summed E-state index contributed by atoms with van der Waals surface area (Å²) in [6, 6.07) is 12.9. The van der Waals surface area contributed by atoms with Crippen LogP contribution in [-0.4, -0.2) is 32.8 Å². The Kier molecular flexibility index (Phi) is 6.96. The normalized spacial score (nSPS) is 10.8. The lowest BCUT2D eigenvalue weighted by atomic mass is 10.2. The molecule has 10 nitrogen and oxygen atoms in total. The molecule has 1 amide bonds. The molecule has 11 heteroatoms. The van der Waals surface area contributed by atoms with E-state index in [9.17, 15) is 19.7 Å². The summed E-state index contributed by atoms with van der Waals surface area (Å²) < 4.78 is 6.54. The predicted molar refractivity (Wildman–Crippen MR) is 117 cm³/mol. The van der Waals surface area contributed by atoms with E-state index in [2.05, 4.69) is 15.6 Å². The number of amides is 1. The number of nitrogens with zero attached hydrogens (tertiary/aromatic N) is 4. The first-order valence-electron chi connectivity index (χ1n) is 9.32. The molecule has 0 spiro atoms. The molecule has 1 heterocycles. The Balaban J connectivity index is 1.55. The Hall–Kier alpha value is -4.05. The van der Waals surface area contributed by atoms with Gasteiger partial charge in [-0.3, -0.25) is 19.6 Å². The van der Waals surface area contributed by atoms with Gasteiger partial charge in [-0.05, 0) is 61.9 Å². The van der Waals surface area contributed by atoms with Crippen LogP contribution in [0.4, 0.5) is 5.69 Å². The number of hydrazone groups is 1. The highest BCUT2D eigenvalue weighted by atomic mass is 35.5. The molecule has 2 aromatic carbocycles. The van der Waals surface area contributed by atoms with Crippen LogP contribution < -0.4 is 10.2 Å². The number of carbonyl (C=O) groups excluding carboxylic acids is 2. The van der Waals surface area contributed by atoms with Crippen molar-refractivity contribution in [1.29, 1.82) is 0 Å². The summed E-state index contributed by atoms with van der Waals surface area (Å²) in [5.41, 5.74) is 3.73. The second-order valence-corrected chi connectivity index (χ2v) is 7.13. The number of aromatic nitrogens is 2. The minimum absolute atomic E-state index is 0.113. The molecule has 0 aliphatic rings. The molecule has 0 aliphatic carbocycles. The number of benzene rings is 2. The van der Waals surface area contributed by atoms with Gasteiger partial charge in [0.05, 0.1) is 16.7 Å². The topological polar surface area (TPSA) is 129 Å². The van der Waals surface area contributed by atoms with Gasteiger partial charge in [-0.25, -0.2) is 10.2 Å². The van der Waals surface area contributed by atoms with Crippen molar-refractivity contribution in [3.05, 3.63) is 86.2 Å². The number of nitro groups is 1. The van der Waals surface area contributed by atoms with Crippen LogP contribution in [0.3, 0.4) is 0 Å². The molecule has 1 aromatic heterocycles. The highest BCUT2D eigenvalue weighted by molar-refractivity contribution is 6.30. The monoisotopic (exact) mass is 455 g/mol. The average molecular weight is 456 g/mol. The average Bonchev–Trinajstić information content (AvgIpc) is 3.02. The number of ether oxygens (including phenoxy) is 1. The summed E-state index contributed by atoms with van der Waals surface area (Å²) in [5.74, 6) is -0.693. The van der Waals surface area contributed by atoms with Gasteiger partial charge in [-0.15, -0.1) is 0 Å². The van der Waals surface area contributed by atoms with E-state index in [1.54, 1.807) is 42.5 Å². The SMILES string of the molecule is Cc1nn(CC(=O)N/N=C/c2ccc(OC(=O)c3cccc(Cl)c3)cc2)c(C)c1[N+](=O)[O-]. The Morgan fingerprint density at radius 2 is 1.97 bits per heavy atom. The van der Waals surface area contributed by atoms with Gasteiger partial charge >= 0.3 is 11.7 Å². The van der Waals surface area contributed by atoms with Crippen molar-refractivity contribution in [3.63, 3.8) is 0 Å². The van der Waals surface area contributed by atoms with E-state index in [1.165, 1.54) is 30.8 Å². The molecule has 0 radical (unpaired) electrons. The number of hydrogen-bond acceptors (Lipinski definition) is 7. The maximum atomic E-state index is 12.1. The summed E-state index contributed by atoms with van der Waals surface area (Å²) in [6.07, 6.45) is 1.41. The molecule has 164 valence electrons. The molecule has 0 fully saturated rings. The van der Waals surface area contributed by atoms with Gasteiger partial charge in [0.25, 0.3) is 5.91 Å². The molecule has 0 saturated carbocycles. The smallest absolute Gasteiger partial charge is 0.343 e. The Labute approximate surface area is 187 Å². The third-order valence-electron chi connectivity index (χ3n) is 4.37. The van der Waals surface area contributed by atoms with E-state index < -0.39 is 16.8 Å². The number of halogens is 1. The first-order chi connectivity index (χ1) is 15.2. The molecule has 1 N–H and O–H groups in total. The summed E-state index contributed by atoms with van der Waals surface area (Å²) in [6.45, 7) is 2.82. The summed E-state index contributed by atoms with van der Waals surface area (Å²) in [7, 11) is 0. The number of esters is 1. The number of carbonyl (C=O) groups is 2. The van der Waals surface area contributed by atoms with E-state index in [0.717, 1.165) is 0 Å². The van der Waals surface area contributed by atoms with E-state index in [4.69, 9.17) is 16.3 Å². The largest absolute Gasteiger partial charge is 0.423 e. The van der Waals surface area contributed by atoms with Gasteiger partial charge in [0, 0.05) is 5.02 Å². The highest BCUT2D eigenvalue weighted by Gasteiger charge is 2.22. The van der Waals surface area contributed by atoms with Crippen molar-refractivity contribution in [2.45, 2.75) is 20.4 Å². The van der Waals surface area contributed by atoms with Gasteiger partial charge in [-0.2, -0.15) is 10.2 Å². The number of hydrogen-bond donors (Lipinski definition) is 1. The molecule has 3 rings (SSSR count). The zero-order valence-electron chi connectivity index (χ0n) is 17.1. The van der Waals surface area contributed by atoms with Crippen molar-refractivity contribution >= 4 is 35.4 Å². The van der Waals surface area contributed by atoms with Crippen LogP contribution in [0.5, 0.6) is 5.75 Å². The summed E-state index contributed by atoms with van der Waals surface area (Å²) >= 11 is 5.87. The Morgan fingerprint density at radius 3 is 2.59 bits per heavy atom. The van der Waals surface area contributed by atoms with Crippen molar-refractivity contribution in [2.75, 3.05) is 0 Å². The van der Waals surface area contributed by atoms with Crippen molar-refractivity contribution in [3.8, 4) is 5.75 Å². The van der Waals surface area contributed by atoms with E-state index in [1.807, 2.05) is 0 Å². The van der Waals surface area contributed by atoms with Gasteiger partial charge in [-0.1, -0.05) is 17.7 Å². The fourth-order valence-electron chi connectivity index (χ4n) is 2.86. The van der Waals surface area contributed by atoms with E-state index in [-0.39, 0.29) is 23.6 Å². The van der Waals surface area contributed by atoms with Crippen LogP contribution in [0.2, 0.25) is 5.02 Å². The fourth-order valence-corrected chi connectivity index (χ4v) is 3.05. The van der Waals surface area contributed by atoms with Crippen LogP contribution in [0.15, 0.2) is 53.6 Å². The van der Waals surface area contributed by atoms with Crippen LogP contribution in [0.1, 0.15) is 27.3 Å². The maximum absolute atomic E-state index is 12.1. The second-order valence-electron chi connectivity index (χ2n) is 6.70. The van der Waals surface area contributed by atoms with E-state index >= 15 is 0 Å². The molecule has 3 aromatic rings. The lowest BCUT2D eigenvalue weighted by molar-refractivity contribution is -0.386. The zero-order chi connectivity index (χ0) is 23.3.